The Morgan fingerprint density at radius 1 is 1.12 bits per heavy atom. The Morgan fingerprint density at radius 2 is 1.88 bits per heavy atom. The third kappa shape index (κ3) is 2.23. The second kappa shape index (κ2) is 4.53. The monoisotopic (exact) mass is 215 g/mol. The van der Waals surface area contributed by atoms with Gasteiger partial charge in [-0.15, -0.1) is 0 Å². The molecule has 0 saturated carbocycles. The Morgan fingerprint density at radius 3 is 2.44 bits per heavy atom. The molecule has 4 heteroatoms. The fourth-order valence-electron chi connectivity index (χ4n) is 1.39. The SMILES string of the molecule is CNc1ccc(C(=O)Nc2cc[nH]c2)cc1. The molecule has 2 rings (SSSR count). The van der Waals surface area contributed by atoms with Gasteiger partial charge in [0.05, 0.1) is 5.69 Å². The Hall–Kier alpha value is -2.23. The third-order valence-corrected chi connectivity index (χ3v) is 2.29. The topological polar surface area (TPSA) is 56.9 Å². The average molecular weight is 215 g/mol. The van der Waals surface area contributed by atoms with Gasteiger partial charge in [0.2, 0.25) is 0 Å². The lowest BCUT2D eigenvalue weighted by molar-refractivity contribution is 0.102. The molecule has 4 nitrogen and oxygen atoms in total. The molecule has 1 aromatic heterocycles. The van der Waals surface area contributed by atoms with Crippen LogP contribution in [0.15, 0.2) is 42.7 Å². The van der Waals surface area contributed by atoms with Gasteiger partial charge in [-0.2, -0.15) is 0 Å². The van der Waals surface area contributed by atoms with Gasteiger partial charge >= 0.3 is 0 Å². The molecule has 0 saturated heterocycles. The van der Waals surface area contributed by atoms with Crippen LogP contribution in [0.5, 0.6) is 0 Å². The number of aromatic nitrogens is 1. The van der Waals surface area contributed by atoms with Crippen LogP contribution in [0.1, 0.15) is 10.4 Å². The maximum Gasteiger partial charge on any atom is 0.255 e. The summed E-state index contributed by atoms with van der Waals surface area (Å²) in [6, 6.07) is 9.11. The summed E-state index contributed by atoms with van der Waals surface area (Å²) < 4.78 is 0. The zero-order valence-corrected chi connectivity index (χ0v) is 8.95. The van der Waals surface area contributed by atoms with Gasteiger partial charge in [-0.3, -0.25) is 4.79 Å². The largest absolute Gasteiger partial charge is 0.388 e. The van der Waals surface area contributed by atoms with Gasteiger partial charge in [-0.05, 0) is 30.3 Å². The van der Waals surface area contributed by atoms with E-state index in [1.807, 2.05) is 19.2 Å². The lowest BCUT2D eigenvalue weighted by Crippen LogP contribution is -2.11. The van der Waals surface area contributed by atoms with Crippen LogP contribution in [0.25, 0.3) is 0 Å². The third-order valence-electron chi connectivity index (χ3n) is 2.29. The van der Waals surface area contributed by atoms with Gasteiger partial charge in [0, 0.05) is 30.7 Å². The number of anilines is 2. The first-order chi connectivity index (χ1) is 7.79. The van der Waals surface area contributed by atoms with E-state index in [1.54, 1.807) is 30.6 Å². The fourth-order valence-corrected chi connectivity index (χ4v) is 1.39. The van der Waals surface area contributed by atoms with Crippen molar-refractivity contribution in [1.82, 2.24) is 4.98 Å². The summed E-state index contributed by atoms with van der Waals surface area (Å²) in [5.41, 5.74) is 2.39. The predicted molar refractivity (Wildman–Crippen MR) is 64.7 cm³/mol. The Labute approximate surface area is 93.7 Å². The number of carbonyl (C=O) groups excluding carboxylic acids is 1. The number of aromatic amines is 1. The molecule has 1 amide bonds. The molecule has 0 aliphatic rings. The van der Waals surface area contributed by atoms with Crippen molar-refractivity contribution in [3.63, 3.8) is 0 Å². The summed E-state index contributed by atoms with van der Waals surface area (Å²) in [5.74, 6) is -0.109. The maximum absolute atomic E-state index is 11.8. The van der Waals surface area contributed by atoms with Gasteiger partial charge in [0.15, 0.2) is 0 Å². The number of hydrogen-bond acceptors (Lipinski definition) is 2. The molecule has 0 aliphatic carbocycles. The first kappa shape index (κ1) is 10.3. The minimum absolute atomic E-state index is 0.109. The molecule has 0 radical (unpaired) electrons. The molecule has 2 aromatic rings. The summed E-state index contributed by atoms with van der Waals surface area (Å²) in [5, 5.41) is 5.79. The van der Waals surface area contributed by atoms with Crippen LogP contribution in [0.3, 0.4) is 0 Å². The predicted octanol–water partition coefficient (Wildman–Crippen LogP) is 2.31. The second-order valence-corrected chi connectivity index (χ2v) is 3.38. The smallest absolute Gasteiger partial charge is 0.255 e. The number of carbonyl (C=O) groups is 1. The molecule has 0 fully saturated rings. The molecule has 16 heavy (non-hydrogen) atoms. The van der Waals surface area contributed by atoms with Gasteiger partial charge in [0.1, 0.15) is 0 Å². The van der Waals surface area contributed by atoms with Crippen molar-refractivity contribution < 1.29 is 4.79 Å². The van der Waals surface area contributed by atoms with E-state index in [1.165, 1.54) is 0 Å². The molecule has 3 N–H and O–H groups in total. The van der Waals surface area contributed by atoms with E-state index >= 15 is 0 Å². The maximum atomic E-state index is 11.8. The van der Waals surface area contributed by atoms with Crippen molar-refractivity contribution >= 4 is 17.3 Å². The zero-order valence-electron chi connectivity index (χ0n) is 8.95. The zero-order chi connectivity index (χ0) is 11.4. The van der Waals surface area contributed by atoms with E-state index in [2.05, 4.69) is 15.6 Å². The number of H-pyrrole nitrogens is 1. The van der Waals surface area contributed by atoms with Crippen LogP contribution in [0.4, 0.5) is 11.4 Å². The van der Waals surface area contributed by atoms with Crippen LogP contribution < -0.4 is 10.6 Å². The average Bonchev–Trinajstić information content (AvgIpc) is 2.82. The molecule has 82 valence electrons. The van der Waals surface area contributed by atoms with Crippen molar-refractivity contribution in [1.29, 1.82) is 0 Å². The fraction of sp³-hybridized carbons (Fsp3) is 0.0833. The van der Waals surface area contributed by atoms with Gasteiger partial charge < -0.3 is 15.6 Å². The molecular weight excluding hydrogens is 202 g/mol. The van der Waals surface area contributed by atoms with Crippen molar-refractivity contribution in [3.8, 4) is 0 Å². The molecule has 0 atom stereocenters. The van der Waals surface area contributed by atoms with E-state index < -0.39 is 0 Å². The summed E-state index contributed by atoms with van der Waals surface area (Å²) in [6.07, 6.45) is 3.50. The lowest BCUT2D eigenvalue weighted by atomic mass is 10.2. The highest BCUT2D eigenvalue weighted by Crippen LogP contribution is 2.11. The highest BCUT2D eigenvalue weighted by atomic mass is 16.1. The van der Waals surface area contributed by atoms with Gasteiger partial charge in [-0.1, -0.05) is 0 Å². The lowest BCUT2D eigenvalue weighted by Gasteiger charge is -2.04. The first-order valence-corrected chi connectivity index (χ1v) is 5.01. The molecule has 0 unspecified atom stereocenters. The number of nitrogens with one attached hydrogen (secondary N) is 3. The van der Waals surface area contributed by atoms with Crippen LogP contribution >= 0.6 is 0 Å². The number of hydrogen-bond donors (Lipinski definition) is 3. The van der Waals surface area contributed by atoms with Crippen LogP contribution in [0, 0.1) is 0 Å². The summed E-state index contributed by atoms with van der Waals surface area (Å²) >= 11 is 0. The minimum atomic E-state index is -0.109. The number of amides is 1. The van der Waals surface area contributed by atoms with Gasteiger partial charge in [0.25, 0.3) is 5.91 Å². The second-order valence-electron chi connectivity index (χ2n) is 3.38. The summed E-state index contributed by atoms with van der Waals surface area (Å²) in [4.78, 5) is 14.6. The first-order valence-electron chi connectivity index (χ1n) is 5.01. The number of rotatable bonds is 3. The molecule has 1 aromatic carbocycles. The van der Waals surface area contributed by atoms with Crippen molar-refractivity contribution in [3.05, 3.63) is 48.3 Å². The van der Waals surface area contributed by atoms with Crippen LogP contribution in [-0.4, -0.2) is 17.9 Å². The van der Waals surface area contributed by atoms with E-state index in [0.717, 1.165) is 11.4 Å². The normalized spacial score (nSPS) is 9.81. The summed E-state index contributed by atoms with van der Waals surface area (Å²) in [6.45, 7) is 0. The van der Waals surface area contributed by atoms with Crippen molar-refractivity contribution in [2.75, 3.05) is 17.7 Å². The molecular formula is C12H13N3O. The standard InChI is InChI=1S/C12H13N3O/c1-13-10-4-2-9(3-5-10)12(16)15-11-6-7-14-8-11/h2-8,13-14H,1H3,(H,15,16). The summed E-state index contributed by atoms with van der Waals surface area (Å²) in [7, 11) is 1.84. The molecule has 0 aliphatic heterocycles. The van der Waals surface area contributed by atoms with Crippen LogP contribution in [-0.2, 0) is 0 Å². The minimum Gasteiger partial charge on any atom is -0.388 e. The molecule has 0 spiro atoms. The highest BCUT2D eigenvalue weighted by Gasteiger charge is 2.05. The molecule has 1 heterocycles. The van der Waals surface area contributed by atoms with Crippen molar-refractivity contribution in [2.45, 2.75) is 0 Å². The quantitative estimate of drug-likeness (QED) is 0.735. The Kier molecular flexibility index (Phi) is 2.91. The van der Waals surface area contributed by atoms with Crippen molar-refractivity contribution in [2.24, 2.45) is 0 Å². The van der Waals surface area contributed by atoms with E-state index in [0.29, 0.717) is 5.56 Å². The number of benzene rings is 1. The Bertz CT molecular complexity index is 460. The Balaban J connectivity index is 2.09. The van der Waals surface area contributed by atoms with Gasteiger partial charge in [-0.25, -0.2) is 0 Å². The highest BCUT2D eigenvalue weighted by molar-refractivity contribution is 6.04. The van der Waals surface area contributed by atoms with E-state index in [4.69, 9.17) is 0 Å². The van der Waals surface area contributed by atoms with E-state index in [9.17, 15) is 4.79 Å². The van der Waals surface area contributed by atoms with Crippen LogP contribution in [0.2, 0.25) is 0 Å². The van der Waals surface area contributed by atoms with E-state index in [-0.39, 0.29) is 5.91 Å². The molecule has 0 bridgehead atoms.